The zero-order valence-corrected chi connectivity index (χ0v) is 13.8. The van der Waals surface area contributed by atoms with Crippen LogP contribution in [0.4, 0.5) is 5.69 Å². The molecule has 1 aliphatic rings. The fourth-order valence-corrected chi connectivity index (χ4v) is 2.97. The average Bonchev–Trinajstić information content (AvgIpc) is 2.45. The molecule has 0 bridgehead atoms. The molecule has 0 spiro atoms. The lowest BCUT2D eigenvalue weighted by Crippen LogP contribution is -2.48. The van der Waals surface area contributed by atoms with Gasteiger partial charge in [0.25, 0.3) is 0 Å². The molecule has 1 aliphatic heterocycles. The first kappa shape index (κ1) is 15.3. The molecule has 1 aromatic carbocycles. The van der Waals surface area contributed by atoms with Crippen LogP contribution in [0, 0.1) is 0 Å². The van der Waals surface area contributed by atoms with E-state index >= 15 is 0 Å². The summed E-state index contributed by atoms with van der Waals surface area (Å²) in [6.07, 6.45) is 0. The monoisotopic (exact) mass is 340 g/mol. The lowest BCUT2D eigenvalue weighted by molar-refractivity contribution is 0.0600. The number of methoxy groups -OCH3 is 1. The molecule has 20 heavy (non-hydrogen) atoms. The number of esters is 1. The lowest BCUT2D eigenvalue weighted by atomic mass is 10.1. The molecule has 0 aromatic heterocycles. The Bertz CT molecular complexity index is 483. The number of hydrogen-bond donors (Lipinski definition) is 0. The SMILES string of the molecule is COC(=O)c1cc(Br)cc(N2CCN(C(C)C)CC2)c1. The highest BCUT2D eigenvalue weighted by Gasteiger charge is 2.20. The molecule has 0 unspecified atom stereocenters. The number of anilines is 1. The van der Waals surface area contributed by atoms with Gasteiger partial charge in [-0.3, -0.25) is 4.90 Å². The Morgan fingerprint density at radius 1 is 1.20 bits per heavy atom. The second-order valence-corrected chi connectivity index (χ2v) is 6.22. The number of carbonyl (C=O) groups is 1. The zero-order valence-electron chi connectivity index (χ0n) is 12.2. The molecular weight excluding hydrogens is 320 g/mol. The highest BCUT2D eigenvalue weighted by Crippen LogP contribution is 2.24. The third-order valence-electron chi connectivity index (χ3n) is 3.71. The largest absolute Gasteiger partial charge is 0.465 e. The molecule has 110 valence electrons. The zero-order chi connectivity index (χ0) is 14.7. The maximum absolute atomic E-state index is 11.7. The van der Waals surface area contributed by atoms with E-state index < -0.39 is 0 Å². The van der Waals surface area contributed by atoms with Gasteiger partial charge in [-0.1, -0.05) is 15.9 Å². The van der Waals surface area contributed by atoms with Crippen LogP contribution in [0.15, 0.2) is 22.7 Å². The van der Waals surface area contributed by atoms with Gasteiger partial charge < -0.3 is 9.64 Å². The van der Waals surface area contributed by atoms with Crippen molar-refractivity contribution >= 4 is 27.6 Å². The first-order valence-corrected chi connectivity index (χ1v) is 7.68. The second-order valence-electron chi connectivity index (χ2n) is 5.31. The molecular formula is C15H21BrN2O2. The number of piperazine rings is 1. The average molecular weight is 341 g/mol. The van der Waals surface area contributed by atoms with Gasteiger partial charge in [-0.05, 0) is 32.0 Å². The molecule has 1 aromatic rings. The van der Waals surface area contributed by atoms with Gasteiger partial charge in [0.2, 0.25) is 0 Å². The molecule has 5 heteroatoms. The minimum absolute atomic E-state index is 0.298. The fraction of sp³-hybridized carbons (Fsp3) is 0.533. The van der Waals surface area contributed by atoms with Crippen molar-refractivity contribution in [3.63, 3.8) is 0 Å². The molecule has 0 amide bonds. The van der Waals surface area contributed by atoms with E-state index in [0.29, 0.717) is 11.6 Å². The Hall–Kier alpha value is -1.07. The van der Waals surface area contributed by atoms with Crippen LogP contribution < -0.4 is 4.90 Å². The predicted molar refractivity (Wildman–Crippen MR) is 84.4 cm³/mol. The fourth-order valence-electron chi connectivity index (χ4n) is 2.49. The lowest BCUT2D eigenvalue weighted by Gasteiger charge is -2.38. The minimum atomic E-state index is -0.298. The van der Waals surface area contributed by atoms with Gasteiger partial charge in [0.1, 0.15) is 0 Å². The molecule has 0 saturated carbocycles. The van der Waals surface area contributed by atoms with Gasteiger partial charge in [-0.15, -0.1) is 0 Å². The Kier molecular flexibility index (Phi) is 5.05. The van der Waals surface area contributed by atoms with E-state index in [1.54, 1.807) is 6.07 Å². The summed E-state index contributed by atoms with van der Waals surface area (Å²) >= 11 is 3.47. The van der Waals surface area contributed by atoms with Crippen molar-refractivity contribution in [3.05, 3.63) is 28.2 Å². The smallest absolute Gasteiger partial charge is 0.337 e. The van der Waals surface area contributed by atoms with Crippen LogP contribution in [0.5, 0.6) is 0 Å². The second kappa shape index (κ2) is 6.59. The Balaban J connectivity index is 2.13. The Morgan fingerprint density at radius 2 is 1.85 bits per heavy atom. The van der Waals surface area contributed by atoms with E-state index in [2.05, 4.69) is 45.6 Å². The summed E-state index contributed by atoms with van der Waals surface area (Å²) in [6, 6.07) is 6.34. The first-order chi connectivity index (χ1) is 9.51. The maximum Gasteiger partial charge on any atom is 0.337 e. The summed E-state index contributed by atoms with van der Waals surface area (Å²) in [6.45, 7) is 8.52. The highest BCUT2D eigenvalue weighted by atomic mass is 79.9. The van der Waals surface area contributed by atoms with E-state index in [9.17, 15) is 4.79 Å². The predicted octanol–water partition coefficient (Wildman–Crippen LogP) is 2.77. The summed E-state index contributed by atoms with van der Waals surface area (Å²) in [5.74, 6) is -0.298. The molecule has 0 aliphatic carbocycles. The molecule has 4 nitrogen and oxygen atoms in total. The molecule has 1 fully saturated rings. The van der Waals surface area contributed by atoms with Crippen molar-refractivity contribution in [3.8, 4) is 0 Å². The summed E-state index contributed by atoms with van der Waals surface area (Å²) < 4.78 is 5.70. The Labute approximate surface area is 128 Å². The van der Waals surface area contributed by atoms with Crippen LogP contribution in [-0.2, 0) is 4.74 Å². The number of halogens is 1. The van der Waals surface area contributed by atoms with Crippen molar-refractivity contribution < 1.29 is 9.53 Å². The number of ether oxygens (including phenoxy) is 1. The van der Waals surface area contributed by atoms with Crippen molar-refractivity contribution in [1.82, 2.24) is 4.90 Å². The van der Waals surface area contributed by atoms with Gasteiger partial charge in [0.15, 0.2) is 0 Å². The Morgan fingerprint density at radius 3 is 2.40 bits per heavy atom. The van der Waals surface area contributed by atoms with Crippen molar-refractivity contribution in [1.29, 1.82) is 0 Å². The van der Waals surface area contributed by atoms with E-state index in [4.69, 9.17) is 4.74 Å². The van der Waals surface area contributed by atoms with Gasteiger partial charge in [-0.2, -0.15) is 0 Å². The number of nitrogens with zero attached hydrogens (tertiary/aromatic N) is 2. The van der Waals surface area contributed by atoms with Crippen molar-refractivity contribution in [2.45, 2.75) is 19.9 Å². The molecule has 1 heterocycles. The van der Waals surface area contributed by atoms with Crippen LogP contribution in [-0.4, -0.2) is 50.2 Å². The van der Waals surface area contributed by atoms with E-state index in [0.717, 1.165) is 36.3 Å². The summed E-state index contributed by atoms with van der Waals surface area (Å²) in [5, 5.41) is 0. The molecule has 0 radical (unpaired) electrons. The topological polar surface area (TPSA) is 32.8 Å². The number of carbonyl (C=O) groups excluding carboxylic acids is 1. The highest BCUT2D eigenvalue weighted by molar-refractivity contribution is 9.10. The van der Waals surface area contributed by atoms with E-state index in [1.165, 1.54) is 7.11 Å². The van der Waals surface area contributed by atoms with Gasteiger partial charge >= 0.3 is 5.97 Å². The maximum atomic E-state index is 11.7. The molecule has 0 N–H and O–H groups in total. The van der Waals surface area contributed by atoms with Gasteiger partial charge in [0.05, 0.1) is 12.7 Å². The number of benzene rings is 1. The summed E-state index contributed by atoms with van der Waals surface area (Å²) in [7, 11) is 1.41. The van der Waals surface area contributed by atoms with Crippen LogP contribution in [0.25, 0.3) is 0 Å². The summed E-state index contributed by atoms with van der Waals surface area (Å²) in [4.78, 5) is 16.5. The first-order valence-electron chi connectivity index (χ1n) is 6.89. The van der Waals surface area contributed by atoms with Crippen LogP contribution in [0.2, 0.25) is 0 Å². The van der Waals surface area contributed by atoms with Crippen molar-refractivity contribution in [2.24, 2.45) is 0 Å². The standard InChI is InChI=1S/C15H21BrN2O2/c1-11(2)17-4-6-18(7-5-17)14-9-12(15(19)20-3)8-13(16)10-14/h8-11H,4-7H2,1-3H3. The van der Waals surface area contributed by atoms with E-state index in [1.807, 2.05) is 6.07 Å². The quantitative estimate of drug-likeness (QED) is 0.792. The molecule has 0 atom stereocenters. The number of hydrogen-bond acceptors (Lipinski definition) is 4. The third kappa shape index (κ3) is 3.52. The van der Waals surface area contributed by atoms with Crippen molar-refractivity contribution in [2.75, 3.05) is 38.2 Å². The van der Waals surface area contributed by atoms with Gasteiger partial charge in [-0.25, -0.2) is 4.79 Å². The summed E-state index contributed by atoms with van der Waals surface area (Å²) in [5.41, 5.74) is 1.66. The van der Waals surface area contributed by atoms with E-state index in [-0.39, 0.29) is 5.97 Å². The van der Waals surface area contributed by atoms with Gasteiger partial charge in [0, 0.05) is 42.4 Å². The number of rotatable bonds is 3. The van der Waals surface area contributed by atoms with Crippen LogP contribution in [0.1, 0.15) is 24.2 Å². The minimum Gasteiger partial charge on any atom is -0.465 e. The van der Waals surface area contributed by atoms with Crippen LogP contribution in [0.3, 0.4) is 0 Å². The normalized spacial score (nSPS) is 16.6. The third-order valence-corrected chi connectivity index (χ3v) is 4.17. The molecule has 2 rings (SSSR count). The molecule has 1 saturated heterocycles. The van der Waals surface area contributed by atoms with Crippen LogP contribution >= 0.6 is 15.9 Å².